The topological polar surface area (TPSA) is 63.0 Å². The van der Waals surface area contributed by atoms with E-state index in [4.69, 9.17) is 4.42 Å². The first-order valence-electron chi connectivity index (χ1n) is 6.19. The lowest BCUT2D eigenvalue weighted by atomic mass is 10.2. The summed E-state index contributed by atoms with van der Waals surface area (Å²) in [6.45, 7) is 3.97. The molecule has 3 rings (SSSR count). The quantitative estimate of drug-likeness (QED) is 0.862. The van der Waals surface area contributed by atoms with Gasteiger partial charge < -0.3 is 15.1 Å². The number of nitrogens with one attached hydrogen (secondary N) is 2. The number of hydrogen-bond donors (Lipinski definition) is 2. The van der Waals surface area contributed by atoms with E-state index in [1.807, 2.05) is 31.2 Å². The molecule has 1 fully saturated rings. The number of hydrogen-bond acceptors (Lipinski definition) is 5. The zero-order chi connectivity index (χ0) is 12.4. The Bertz CT molecular complexity index is 514. The molecule has 1 atom stereocenters. The van der Waals surface area contributed by atoms with Gasteiger partial charge in [0.2, 0.25) is 0 Å². The fourth-order valence-corrected chi connectivity index (χ4v) is 2.10. The third-order valence-electron chi connectivity index (χ3n) is 3.07. The molecule has 0 aliphatic carbocycles. The number of nitrogens with zero attached hydrogens (tertiary/aromatic N) is 2. The highest BCUT2D eigenvalue weighted by Crippen LogP contribution is 2.20. The third-order valence-corrected chi connectivity index (χ3v) is 3.07. The Kier molecular flexibility index (Phi) is 2.98. The fraction of sp³-hybridized carbons (Fsp3) is 0.385. The van der Waals surface area contributed by atoms with E-state index in [1.54, 1.807) is 0 Å². The summed E-state index contributed by atoms with van der Waals surface area (Å²) in [6, 6.07) is 8.16. The lowest BCUT2D eigenvalue weighted by Crippen LogP contribution is -2.22. The second kappa shape index (κ2) is 4.78. The van der Waals surface area contributed by atoms with Crippen molar-refractivity contribution in [2.75, 3.05) is 18.4 Å². The average Bonchev–Trinajstić information content (AvgIpc) is 3.02. The summed E-state index contributed by atoms with van der Waals surface area (Å²) in [5.41, 5.74) is 0.762. The van der Waals surface area contributed by atoms with Crippen LogP contribution in [0.1, 0.15) is 12.2 Å². The number of rotatable bonds is 3. The minimum atomic E-state index is 0.455. The van der Waals surface area contributed by atoms with Crippen molar-refractivity contribution < 1.29 is 4.42 Å². The van der Waals surface area contributed by atoms with Crippen LogP contribution in [0, 0.1) is 6.92 Å². The molecule has 0 amide bonds. The summed E-state index contributed by atoms with van der Waals surface area (Å²) in [5.74, 6) is 2.45. The van der Waals surface area contributed by atoms with E-state index in [1.165, 1.54) is 0 Å². The van der Waals surface area contributed by atoms with Crippen LogP contribution in [0.2, 0.25) is 0 Å². The molecule has 0 bridgehead atoms. The molecule has 1 saturated heterocycles. The molecule has 18 heavy (non-hydrogen) atoms. The van der Waals surface area contributed by atoms with Crippen LogP contribution >= 0.6 is 0 Å². The van der Waals surface area contributed by atoms with Crippen LogP contribution in [-0.2, 0) is 0 Å². The maximum Gasteiger partial charge on any atom is 0.154 e. The standard InChI is InChI=1S/C13H16N4O/c1-9-2-4-12(18-9)11-3-5-13(17-16-11)15-10-6-7-14-8-10/h2-5,10,14H,6-8H2,1H3,(H,15,17). The average molecular weight is 244 g/mol. The maximum absolute atomic E-state index is 5.51. The molecule has 0 saturated carbocycles. The summed E-state index contributed by atoms with van der Waals surface area (Å²) >= 11 is 0. The van der Waals surface area contributed by atoms with Gasteiger partial charge in [-0.2, -0.15) is 0 Å². The van der Waals surface area contributed by atoms with Gasteiger partial charge in [0.15, 0.2) is 5.76 Å². The van der Waals surface area contributed by atoms with Gasteiger partial charge in [0.25, 0.3) is 0 Å². The second-order valence-corrected chi connectivity index (χ2v) is 4.55. The van der Waals surface area contributed by atoms with Gasteiger partial charge in [-0.3, -0.25) is 0 Å². The first-order chi connectivity index (χ1) is 8.81. The molecular formula is C13H16N4O. The monoisotopic (exact) mass is 244 g/mol. The minimum absolute atomic E-state index is 0.455. The Morgan fingerprint density at radius 2 is 2.22 bits per heavy atom. The molecule has 3 heterocycles. The van der Waals surface area contributed by atoms with Gasteiger partial charge in [0, 0.05) is 12.6 Å². The van der Waals surface area contributed by atoms with Gasteiger partial charge in [-0.1, -0.05) is 0 Å². The largest absolute Gasteiger partial charge is 0.460 e. The van der Waals surface area contributed by atoms with Crippen LogP contribution < -0.4 is 10.6 Å². The van der Waals surface area contributed by atoms with E-state index in [0.29, 0.717) is 6.04 Å². The SMILES string of the molecule is Cc1ccc(-c2ccc(NC3CCNC3)nn2)o1. The predicted octanol–water partition coefficient (Wildman–Crippen LogP) is 1.82. The van der Waals surface area contributed by atoms with Crippen LogP contribution in [-0.4, -0.2) is 29.3 Å². The lowest BCUT2D eigenvalue weighted by molar-refractivity contribution is 0.545. The molecule has 1 aliphatic rings. The summed E-state index contributed by atoms with van der Waals surface area (Å²) < 4.78 is 5.51. The molecule has 94 valence electrons. The molecule has 5 heteroatoms. The normalized spacial score (nSPS) is 19.1. The van der Waals surface area contributed by atoms with Crippen LogP contribution in [0.4, 0.5) is 5.82 Å². The van der Waals surface area contributed by atoms with Crippen molar-refractivity contribution in [2.24, 2.45) is 0 Å². The van der Waals surface area contributed by atoms with Gasteiger partial charge in [-0.15, -0.1) is 10.2 Å². The van der Waals surface area contributed by atoms with Crippen LogP contribution in [0.15, 0.2) is 28.7 Å². The second-order valence-electron chi connectivity index (χ2n) is 4.55. The molecule has 2 aromatic heterocycles. The molecule has 0 radical (unpaired) electrons. The van der Waals surface area contributed by atoms with Gasteiger partial charge >= 0.3 is 0 Å². The molecule has 2 N–H and O–H groups in total. The lowest BCUT2D eigenvalue weighted by Gasteiger charge is -2.10. The first-order valence-corrected chi connectivity index (χ1v) is 6.19. The zero-order valence-electron chi connectivity index (χ0n) is 10.3. The molecule has 0 aromatic carbocycles. The molecule has 1 aliphatic heterocycles. The van der Waals surface area contributed by atoms with Crippen LogP contribution in [0.25, 0.3) is 11.5 Å². The molecular weight excluding hydrogens is 228 g/mol. The molecule has 5 nitrogen and oxygen atoms in total. The van der Waals surface area contributed by atoms with E-state index in [9.17, 15) is 0 Å². The Balaban J connectivity index is 1.72. The van der Waals surface area contributed by atoms with Crippen molar-refractivity contribution >= 4 is 5.82 Å². The van der Waals surface area contributed by atoms with Gasteiger partial charge in [-0.25, -0.2) is 0 Å². The number of aromatic nitrogens is 2. The van der Waals surface area contributed by atoms with E-state index in [2.05, 4.69) is 20.8 Å². The van der Waals surface area contributed by atoms with Crippen molar-refractivity contribution in [3.05, 3.63) is 30.0 Å². The van der Waals surface area contributed by atoms with Crippen molar-refractivity contribution in [1.29, 1.82) is 0 Å². The summed E-state index contributed by atoms with van der Waals surface area (Å²) in [5, 5.41) is 15.0. The molecule has 2 aromatic rings. The Hall–Kier alpha value is -1.88. The van der Waals surface area contributed by atoms with E-state index < -0.39 is 0 Å². The van der Waals surface area contributed by atoms with Crippen LogP contribution in [0.5, 0.6) is 0 Å². The van der Waals surface area contributed by atoms with Crippen molar-refractivity contribution in [2.45, 2.75) is 19.4 Å². The van der Waals surface area contributed by atoms with Crippen molar-refractivity contribution in [3.8, 4) is 11.5 Å². The smallest absolute Gasteiger partial charge is 0.154 e. The Morgan fingerprint density at radius 1 is 1.28 bits per heavy atom. The number of aryl methyl sites for hydroxylation is 1. The maximum atomic E-state index is 5.51. The highest BCUT2D eigenvalue weighted by molar-refractivity contribution is 5.53. The van der Waals surface area contributed by atoms with Gasteiger partial charge in [0.1, 0.15) is 17.3 Å². The van der Waals surface area contributed by atoms with Gasteiger partial charge in [-0.05, 0) is 44.2 Å². The zero-order valence-corrected chi connectivity index (χ0v) is 10.3. The minimum Gasteiger partial charge on any atom is -0.460 e. The first kappa shape index (κ1) is 11.2. The Morgan fingerprint density at radius 3 is 2.83 bits per heavy atom. The Labute approximate surface area is 106 Å². The molecule has 0 spiro atoms. The highest BCUT2D eigenvalue weighted by Gasteiger charge is 2.14. The molecule has 1 unspecified atom stereocenters. The summed E-state index contributed by atoms with van der Waals surface area (Å²) in [6.07, 6.45) is 1.13. The van der Waals surface area contributed by atoms with Crippen LogP contribution in [0.3, 0.4) is 0 Å². The fourth-order valence-electron chi connectivity index (χ4n) is 2.10. The van der Waals surface area contributed by atoms with Crippen molar-refractivity contribution in [1.82, 2.24) is 15.5 Å². The number of anilines is 1. The third kappa shape index (κ3) is 2.36. The summed E-state index contributed by atoms with van der Waals surface area (Å²) in [7, 11) is 0. The van der Waals surface area contributed by atoms with E-state index in [-0.39, 0.29) is 0 Å². The van der Waals surface area contributed by atoms with Gasteiger partial charge in [0.05, 0.1) is 0 Å². The predicted molar refractivity (Wildman–Crippen MR) is 69.4 cm³/mol. The number of furan rings is 1. The van der Waals surface area contributed by atoms with E-state index >= 15 is 0 Å². The summed E-state index contributed by atoms with van der Waals surface area (Å²) in [4.78, 5) is 0. The van der Waals surface area contributed by atoms with E-state index in [0.717, 1.165) is 42.5 Å². The highest BCUT2D eigenvalue weighted by atomic mass is 16.3. The van der Waals surface area contributed by atoms with Crippen molar-refractivity contribution in [3.63, 3.8) is 0 Å².